The molecule has 0 atom stereocenters. The van der Waals surface area contributed by atoms with Crippen LogP contribution in [0.25, 0.3) is 0 Å². The molecule has 0 amide bonds. The maximum absolute atomic E-state index is 12.6. The van der Waals surface area contributed by atoms with Gasteiger partial charge in [-0.25, -0.2) is 12.8 Å². The molecule has 0 aliphatic rings. The fourth-order valence-corrected chi connectivity index (χ4v) is 1.15. The van der Waals surface area contributed by atoms with Crippen LogP contribution >= 0.6 is 0 Å². The lowest BCUT2D eigenvalue weighted by Crippen LogP contribution is -2.64. The van der Waals surface area contributed by atoms with Crippen molar-refractivity contribution in [3.05, 3.63) is 12.4 Å². The van der Waals surface area contributed by atoms with Gasteiger partial charge in [0.25, 0.3) is 0 Å². The molecule has 0 aliphatic heterocycles. The van der Waals surface area contributed by atoms with E-state index in [0.29, 0.717) is 0 Å². The van der Waals surface area contributed by atoms with E-state index in [2.05, 4.69) is 0 Å². The summed E-state index contributed by atoms with van der Waals surface area (Å²) in [6.45, 7) is 1.55. The number of alkyl halides is 8. The number of halogens is 9. The molecule has 0 heterocycles. The van der Waals surface area contributed by atoms with E-state index in [1.165, 1.54) is 0 Å². The normalized spacial score (nSPS) is 15.5. The SMILES string of the molecule is C=C(F)C(F)(F)C(F)(F)C(F)(F)C(F)(F)S(=O)(=O)[O-]. The number of hydrogen-bond acceptors (Lipinski definition) is 3. The van der Waals surface area contributed by atoms with Crippen LogP contribution in [0.1, 0.15) is 0 Å². The molecule has 0 spiro atoms. The van der Waals surface area contributed by atoms with Crippen LogP contribution in [0.2, 0.25) is 0 Å². The molecule has 19 heavy (non-hydrogen) atoms. The minimum absolute atomic E-state index is 1.55. The third-order valence-electron chi connectivity index (χ3n) is 1.81. The molecular weight excluding hydrogens is 323 g/mol. The Morgan fingerprint density at radius 3 is 1.42 bits per heavy atom. The van der Waals surface area contributed by atoms with E-state index < -0.39 is 39.0 Å². The Morgan fingerprint density at radius 2 is 1.21 bits per heavy atom. The van der Waals surface area contributed by atoms with Gasteiger partial charge in [-0.1, -0.05) is 6.58 Å². The first-order valence-corrected chi connectivity index (χ1v) is 5.17. The minimum atomic E-state index is -7.43. The standard InChI is InChI=1S/C6H3F9O3S/c1-2(7)3(8,9)4(10,11)5(12,13)6(14,15)19(16,17)18/h1H2,(H,16,17,18)/p-1. The Morgan fingerprint density at radius 1 is 0.895 bits per heavy atom. The predicted octanol–water partition coefficient (Wildman–Crippen LogP) is 2.51. The lowest BCUT2D eigenvalue weighted by Gasteiger charge is -2.36. The summed E-state index contributed by atoms with van der Waals surface area (Å²) >= 11 is 0. The van der Waals surface area contributed by atoms with Gasteiger partial charge in [0.15, 0.2) is 15.9 Å². The van der Waals surface area contributed by atoms with Crippen LogP contribution in [0.4, 0.5) is 39.5 Å². The summed E-state index contributed by atoms with van der Waals surface area (Å²) in [7, 11) is -7.43. The second-order valence-corrected chi connectivity index (χ2v) is 4.52. The molecule has 0 unspecified atom stereocenters. The van der Waals surface area contributed by atoms with Crippen LogP contribution in [0.5, 0.6) is 0 Å². The van der Waals surface area contributed by atoms with Crippen LogP contribution < -0.4 is 0 Å². The molecule has 3 nitrogen and oxygen atoms in total. The van der Waals surface area contributed by atoms with Crippen LogP contribution in [-0.4, -0.2) is 36.0 Å². The second kappa shape index (κ2) is 4.26. The molecule has 0 aromatic rings. The molecule has 0 aromatic carbocycles. The number of hydrogen-bond donors (Lipinski definition) is 0. The summed E-state index contributed by atoms with van der Waals surface area (Å²) in [5.41, 5.74) is 0. The van der Waals surface area contributed by atoms with E-state index in [1.807, 2.05) is 0 Å². The van der Waals surface area contributed by atoms with Gasteiger partial charge in [-0.15, -0.1) is 0 Å². The minimum Gasteiger partial charge on any atom is -0.743 e. The highest BCUT2D eigenvalue weighted by atomic mass is 32.2. The first-order valence-electron chi connectivity index (χ1n) is 3.76. The van der Waals surface area contributed by atoms with Gasteiger partial charge in [0, 0.05) is 0 Å². The Bertz CT molecular complexity index is 480. The molecular formula is C6H2F9O3S-. The zero-order valence-electron chi connectivity index (χ0n) is 8.24. The zero-order valence-corrected chi connectivity index (χ0v) is 9.06. The first-order chi connectivity index (χ1) is 7.94. The Hall–Kier alpha value is -0.980. The quantitative estimate of drug-likeness (QED) is 0.576. The first kappa shape index (κ1) is 18.0. The molecule has 0 saturated carbocycles. The van der Waals surface area contributed by atoms with Crippen molar-refractivity contribution in [1.82, 2.24) is 0 Å². The van der Waals surface area contributed by atoms with Crippen molar-refractivity contribution in [2.75, 3.05) is 0 Å². The lowest BCUT2D eigenvalue weighted by atomic mass is 10.0. The molecule has 0 aromatic heterocycles. The lowest BCUT2D eigenvalue weighted by molar-refractivity contribution is -0.341. The Balaban J connectivity index is 6.14. The van der Waals surface area contributed by atoms with Crippen molar-refractivity contribution in [1.29, 1.82) is 0 Å². The zero-order chi connectivity index (χ0) is 16.1. The molecule has 0 radical (unpaired) electrons. The smallest absolute Gasteiger partial charge is 0.402 e. The summed E-state index contributed by atoms with van der Waals surface area (Å²) in [6.07, 6.45) is 0. The monoisotopic (exact) mass is 325 g/mol. The fourth-order valence-electron chi connectivity index (χ4n) is 0.707. The van der Waals surface area contributed by atoms with Gasteiger partial charge in [0.05, 0.1) is 0 Å². The topological polar surface area (TPSA) is 57.2 Å². The summed E-state index contributed by atoms with van der Waals surface area (Å²) in [5.74, 6) is -24.5. The maximum atomic E-state index is 12.6. The molecule has 0 aliphatic carbocycles. The molecule has 0 rings (SSSR count). The van der Waals surface area contributed by atoms with Crippen LogP contribution in [0, 0.1) is 0 Å². The van der Waals surface area contributed by atoms with E-state index >= 15 is 0 Å². The molecule has 0 fully saturated rings. The van der Waals surface area contributed by atoms with Crippen LogP contribution in [0.15, 0.2) is 12.4 Å². The van der Waals surface area contributed by atoms with Gasteiger partial charge < -0.3 is 4.55 Å². The van der Waals surface area contributed by atoms with E-state index in [0.717, 1.165) is 0 Å². The van der Waals surface area contributed by atoms with Gasteiger partial charge in [-0.3, -0.25) is 0 Å². The van der Waals surface area contributed by atoms with Crippen molar-refractivity contribution in [3.8, 4) is 0 Å². The van der Waals surface area contributed by atoms with Crippen molar-refractivity contribution < 1.29 is 52.5 Å². The van der Waals surface area contributed by atoms with Crippen molar-refractivity contribution in [2.24, 2.45) is 0 Å². The van der Waals surface area contributed by atoms with E-state index in [4.69, 9.17) is 0 Å². The highest BCUT2D eigenvalue weighted by Gasteiger charge is 2.83. The molecule has 114 valence electrons. The van der Waals surface area contributed by atoms with E-state index in [-0.39, 0.29) is 0 Å². The average Bonchev–Trinajstić information content (AvgIpc) is 2.14. The number of rotatable bonds is 5. The molecule has 0 saturated heterocycles. The van der Waals surface area contributed by atoms with E-state index in [9.17, 15) is 52.5 Å². The molecule has 0 N–H and O–H groups in total. The van der Waals surface area contributed by atoms with Crippen molar-refractivity contribution >= 4 is 10.1 Å². The average molecular weight is 325 g/mol. The summed E-state index contributed by atoms with van der Waals surface area (Å²) < 4.78 is 141. The van der Waals surface area contributed by atoms with Crippen molar-refractivity contribution in [2.45, 2.75) is 23.0 Å². The number of allylic oxidation sites excluding steroid dienone is 1. The summed E-state index contributed by atoms with van der Waals surface area (Å²) in [4.78, 5) is 0. The van der Waals surface area contributed by atoms with Gasteiger partial charge in [-0.2, -0.15) is 35.1 Å². The van der Waals surface area contributed by atoms with Gasteiger partial charge >= 0.3 is 23.0 Å². The van der Waals surface area contributed by atoms with Crippen LogP contribution in [0.3, 0.4) is 0 Å². The maximum Gasteiger partial charge on any atom is 0.402 e. The Labute approximate surface area is 99.0 Å². The molecule has 13 heteroatoms. The fraction of sp³-hybridized carbons (Fsp3) is 0.667. The predicted molar refractivity (Wildman–Crippen MR) is 39.7 cm³/mol. The van der Waals surface area contributed by atoms with Gasteiger partial charge in [-0.05, 0) is 0 Å². The third kappa shape index (κ3) is 2.28. The highest BCUT2D eigenvalue weighted by molar-refractivity contribution is 7.86. The second-order valence-electron chi connectivity index (χ2n) is 3.10. The Kier molecular flexibility index (Phi) is 4.04. The third-order valence-corrected chi connectivity index (χ3v) is 2.69. The molecule has 0 bridgehead atoms. The van der Waals surface area contributed by atoms with Gasteiger partial charge in [0.1, 0.15) is 0 Å². The largest absolute Gasteiger partial charge is 0.743 e. The summed E-state index contributed by atoms with van der Waals surface area (Å²) in [5, 5.41) is -7.09. The van der Waals surface area contributed by atoms with E-state index in [1.54, 1.807) is 6.58 Å². The van der Waals surface area contributed by atoms with Crippen molar-refractivity contribution in [3.63, 3.8) is 0 Å². The van der Waals surface area contributed by atoms with Crippen LogP contribution in [-0.2, 0) is 10.1 Å². The van der Waals surface area contributed by atoms with Gasteiger partial charge in [0.2, 0.25) is 0 Å². The highest BCUT2D eigenvalue weighted by Crippen LogP contribution is 2.55. The summed E-state index contributed by atoms with van der Waals surface area (Å²) in [6, 6.07) is 0.